The fraction of sp³-hybridized carbons (Fsp3) is 0.333. The maximum absolute atomic E-state index is 12.3. The molecule has 2 nitrogen and oxygen atoms in total. The van der Waals surface area contributed by atoms with Crippen LogP contribution in [-0.4, -0.2) is 13.2 Å². The van der Waals surface area contributed by atoms with Gasteiger partial charge in [0.05, 0.1) is 14.6 Å². The van der Waals surface area contributed by atoms with E-state index in [1.54, 1.807) is 24.3 Å². The molecule has 2 rings (SSSR count). The van der Waals surface area contributed by atoms with Crippen molar-refractivity contribution in [3.8, 4) is 0 Å². The van der Waals surface area contributed by atoms with E-state index in [1.165, 1.54) is 0 Å². The van der Waals surface area contributed by atoms with Gasteiger partial charge in [-0.2, -0.15) is 0 Å². The van der Waals surface area contributed by atoms with Crippen molar-refractivity contribution in [2.24, 2.45) is 0 Å². The molecule has 1 aliphatic rings. The normalized spacial score (nSPS) is 21.6. The Hall–Kier alpha value is -0.610. The minimum atomic E-state index is -3.30. The van der Waals surface area contributed by atoms with Crippen LogP contribution in [0.25, 0.3) is 0 Å². The topological polar surface area (TPSA) is 34.1 Å². The van der Waals surface area contributed by atoms with Crippen LogP contribution in [0.3, 0.4) is 0 Å². The second-order valence-corrected chi connectivity index (χ2v) is 6.88. The Kier molecular flexibility index (Phi) is 3.50. The van der Waals surface area contributed by atoms with Crippen molar-refractivity contribution < 1.29 is 8.42 Å². The van der Waals surface area contributed by atoms with Crippen LogP contribution in [0.4, 0.5) is 0 Å². The molecule has 1 atom stereocenters. The van der Waals surface area contributed by atoms with Gasteiger partial charge in [-0.3, -0.25) is 0 Å². The molecule has 1 aromatic rings. The van der Waals surface area contributed by atoms with Crippen LogP contribution in [0.2, 0.25) is 0 Å². The van der Waals surface area contributed by atoms with E-state index in [9.17, 15) is 8.42 Å². The summed E-state index contributed by atoms with van der Waals surface area (Å²) in [4.78, 5) is 0.865. The fourth-order valence-corrected chi connectivity index (χ4v) is 4.65. The monoisotopic (exact) mass is 300 g/mol. The minimum absolute atomic E-state index is 0.0357. The zero-order valence-electron chi connectivity index (χ0n) is 8.77. The van der Waals surface area contributed by atoms with Crippen molar-refractivity contribution in [2.75, 3.05) is 0 Å². The average Bonchev–Trinajstić information content (AvgIpc) is 2.30. The number of allylic oxidation sites excluding steroid dienone is 2. The average molecular weight is 301 g/mol. The van der Waals surface area contributed by atoms with Crippen LogP contribution in [0.1, 0.15) is 19.3 Å². The van der Waals surface area contributed by atoms with E-state index in [2.05, 4.69) is 15.9 Å². The highest BCUT2D eigenvalue weighted by atomic mass is 79.9. The summed E-state index contributed by atoms with van der Waals surface area (Å²) in [6.45, 7) is 0. The van der Waals surface area contributed by atoms with Crippen LogP contribution in [-0.2, 0) is 9.84 Å². The predicted octanol–water partition coefficient (Wildman–Crippen LogP) is 3.29. The van der Waals surface area contributed by atoms with E-state index in [4.69, 9.17) is 0 Å². The van der Waals surface area contributed by atoms with Gasteiger partial charge in [0.15, 0.2) is 0 Å². The van der Waals surface area contributed by atoms with Gasteiger partial charge in [0, 0.05) is 0 Å². The van der Waals surface area contributed by atoms with Gasteiger partial charge >= 0.3 is 0 Å². The van der Waals surface area contributed by atoms with Crippen LogP contribution in [0.15, 0.2) is 46.2 Å². The van der Waals surface area contributed by atoms with Gasteiger partial charge < -0.3 is 0 Å². The molecule has 0 aliphatic heterocycles. The molecule has 0 N–H and O–H groups in total. The molecule has 0 amide bonds. The summed E-state index contributed by atoms with van der Waals surface area (Å²) >= 11 is 3.44. The third kappa shape index (κ3) is 2.23. The number of alkyl halides is 1. The van der Waals surface area contributed by atoms with Gasteiger partial charge in [-0.05, 0) is 31.4 Å². The third-order valence-corrected chi connectivity index (χ3v) is 5.90. The van der Waals surface area contributed by atoms with Gasteiger partial charge in [0.1, 0.15) is 0 Å². The quantitative estimate of drug-likeness (QED) is 0.786. The van der Waals surface area contributed by atoms with Crippen LogP contribution >= 0.6 is 15.9 Å². The molecule has 0 aromatic heterocycles. The smallest absolute Gasteiger partial charge is 0.203 e. The molecule has 0 heterocycles. The third-order valence-electron chi connectivity index (χ3n) is 2.68. The highest BCUT2D eigenvalue weighted by molar-refractivity contribution is 9.09. The Balaban J connectivity index is 2.44. The molecule has 16 heavy (non-hydrogen) atoms. The molecule has 86 valence electrons. The summed E-state index contributed by atoms with van der Waals surface area (Å²) in [5, 5.41) is 0. The highest BCUT2D eigenvalue weighted by Gasteiger charge is 2.27. The molecule has 4 heteroatoms. The lowest BCUT2D eigenvalue weighted by molar-refractivity contribution is 0.596. The fourth-order valence-electron chi connectivity index (χ4n) is 1.83. The summed E-state index contributed by atoms with van der Waals surface area (Å²) in [5.41, 5.74) is 0. The Morgan fingerprint density at radius 2 is 1.88 bits per heavy atom. The first-order valence-corrected chi connectivity index (χ1v) is 7.66. The summed E-state index contributed by atoms with van der Waals surface area (Å²) in [5.74, 6) is 0. The molecule has 0 spiro atoms. The van der Waals surface area contributed by atoms with E-state index >= 15 is 0 Å². The lowest BCUT2D eigenvalue weighted by atomic mass is 10.1. The number of halogens is 1. The molecule has 1 unspecified atom stereocenters. The van der Waals surface area contributed by atoms with Gasteiger partial charge in [0.25, 0.3) is 0 Å². The first kappa shape index (κ1) is 11.9. The molecule has 1 aromatic carbocycles. The number of hydrogen-bond donors (Lipinski definition) is 0. The van der Waals surface area contributed by atoms with Crippen LogP contribution in [0.5, 0.6) is 0 Å². The summed E-state index contributed by atoms with van der Waals surface area (Å²) < 4.78 is 24.6. The second kappa shape index (κ2) is 4.72. The molecule has 0 saturated heterocycles. The maximum atomic E-state index is 12.3. The SMILES string of the molecule is O=S(=O)(C1=CCCCC1Br)c1ccccc1. The lowest BCUT2D eigenvalue weighted by Crippen LogP contribution is -2.16. The van der Waals surface area contributed by atoms with Crippen molar-refractivity contribution in [2.45, 2.75) is 29.0 Å². The zero-order valence-corrected chi connectivity index (χ0v) is 11.2. The van der Waals surface area contributed by atoms with Gasteiger partial charge in [-0.1, -0.05) is 40.2 Å². The van der Waals surface area contributed by atoms with Crippen LogP contribution < -0.4 is 0 Å². The largest absolute Gasteiger partial charge is 0.219 e. The van der Waals surface area contributed by atoms with Crippen molar-refractivity contribution in [3.05, 3.63) is 41.3 Å². The van der Waals surface area contributed by atoms with Gasteiger partial charge in [-0.15, -0.1) is 0 Å². The molecule has 0 radical (unpaired) electrons. The number of sulfone groups is 1. The van der Waals surface area contributed by atoms with E-state index in [0.717, 1.165) is 19.3 Å². The van der Waals surface area contributed by atoms with E-state index in [-0.39, 0.29) is 4.83 Å². The number of benzene rings is 1. The molecule has 1 aliphatic carbocycles. The van der Waals surface area contributed by atoms with Gasteiger partial charge in [-0.25, -0.2) is 8.42 Å². The van der Waals surface area contributed by atoms with Crippen molar-refractivity contribution in [1.82, 2.24) is 0 Å². The van der Waals surface area contributed by atoms with Crippen molar-refractivity contribution in [1.29, 1.82) is 0 Å². The lowest BCUT2D eigenvalue weighted by Gasteiger charge is -2.19. The maximum Gasteiger partial charge on any atom is 0.203 e. The summed E-state index contributed by atoms with van der Waals surface area (Å²) in [6, 6.07) is 8.61. The minimum Gasteiger partial charge on any atom is -0.219 e. The summed E-state index contributed by atoms with van der Waals surface area (Å²) in [7, 11) is -3.30. The molecule has 0 saturated carbocycles. The Morgan fingerprint density at radius 3 is 2.50 bits per heavy atom. The Bertz CT molecular complexity index is 491. The molecular formula is C12H13BrO2S. The highest BCUT2D eigenvalue weighted by Crippen LogP contribution is 2.32. The van der Waals surface area contributed by atoms with E-state index in [1.807, 2.05) is 12.1 Å². The number of rotatable bonds is 2. The Labute approximate surface area is 104 Å². The number of hydrogen-bond acceptors (Lipinski definition) is 2. The standard InChI is InChI=1S/C12H13BrO2S/c13-11-8-4-5-9-12(11)16(14,15)10-6-2-1-3-7-10/h1-3,6-7,9,11H,4-5,8H2. The van der Waals surface area contributed by atoms with Crippen molar-refractivity contribution in [3.63, 3.8) is 0 Å². The first-order chi connectivity index (χ1) is 7.62. The van der Waals surface area contributed by atoms with Gasteiger partial charge in [0.2, 0.25) is 9.84 Å². The van der Waals surface area contributed by atoms with Crippen LogP contribution in [0, 0.1) is 0 Å². The van der Waals surface area contributed by atoms with E-state index in [0.29, 0.717) is 9.80 Å². The molecular weight excluding hydrogens is 288 g/mol. The second-order valence-electron chi connectivity index (χ2n) is 3.82. The van der Waals surface area contributed by atoms with Crippen molar-refractivity contribution >= 4 is 25.8 Å². The van der Waals surface area contributed by atoms with E-state index < -0.39 is 9.84 Å². The Morgan fingerprint density at radius 1 is 1.19 bits per heavy atom. The first-order valence-electron chi connectivity index (χ1n) is 5.26. The molecule has 0 bridgehead atoms. The predicted molar refractivity (Wildman–Crippen MR) is 68.3 cm³/mol. The zero-order chi connectivity index (χ0) is 11.6. The summed E-state index contributed by atoms with van der Waals surface area (Å²) in [6.07, 6.45) is 4.62. The molecule has 0 fully saturated rings.